The first-order chi connectivity index (χ1) is 13.8. The number of allylic oxidation sites excluding steroid dienone is 3. The second-order valence-electron chi connectivity index (χ2n) is 8.26. The van der Waals surface area contributed by atoms with Crippen LogP contribution < -0.4 is 5.32 Å². The van der Waals surface area contributed by atoms with Gasteiger partial charge in [-0.2, -0.15) is 0 Å². The number of aliphatic hydroxyl groups is 1. The van der Waals surface area contributed by atoms with Gasteiger partial charge in [0.2, 0.25) is 0 Å². The van der Waals surface area contributed by atoms with Crippen LogP contribution >= 0.6 is 0 Å². The van der Waals surface area contributed by atoms with Crippen molar-refractivity contribution in [2.75, 3.05) is 33.3 Å². The highest BCUT2D eigenvalue weighted by Gasteiger charge is 2.28. The van der Waals surface area contributed by atoms with Crippen molar-refractivity contribution in [2.24, 2.45) is 11.8 Å². The number of aldehydes is 1. The third-order valence-electron chi connectivity index (χ3n) is 6.24. The molecule has 0 aromatic rings. The summed E-state index contributed by atoms with van der Waals surface area (Å²) < 4.78 is 6.19. The Labute approximate surface area is 179 Å². The number of hydrogen-bond donors (Lipinski definition) is 2. The molecule has 0 heterocycles. The van der Waals surface area contributed by atoms with Crippen LogP contribution in [0.25, 0.3) is 0 Å². The molecule has 5 nitrogen and oxygen atoms in total. The van der Waals surface area contributed by atoms with Crippen LogP contribution in [0.1, 0.15) is 67.7 Å². The lowest BCUT2D eigenvalue weighted by atomic mass is 9.89. The van der Waals surface area contributed by atoms with Gasteiger partial charge in [-0.3, -0.25) is 9.69 Å². The molecule has 0 amide bonds. The minimum Gasteiger partial charge on any atom is -0.489 e. The lowest BCUT2D eigenvalue weighted by molar-refractivity contribution is -0.105. The van der Waals surface area contributed by atoms with Crippen LogP contribution in [0.15, 0.2) is 23.5 Å². The van der Waals surface area contributed by atoms with E-state index < -0.39 is 0 Å². The minimum atomic E-state index is -0.308. The number of likely N-dealkylation sites (N-methyl/N-ethyl adjacent to an activating group) is 2. The Hall–Kier alpha value is -1.17. The lowest BCUT2D eigenvalue weighted by Gasteiger charge is -2.37. The van der Waals surface area contributed by atoms with Gasteiger partial charge in [-0.1, -0.05) is 53.5 Å². The molecule has 0 saturated carbocycles. The number of nitrogens with zero attached hydrogens (tertiary/aromatic N) is 1. The van der Waals surface area contributed by atoms with Gasteiger partial charge in [0.25, 0.3) is 0 Å². The van der Waals surface area contributed by atoms with Gasteiger partial charge in [0.15, 0.2) is 0 Å². The molecular weight excluding hydrogens is 364 g/mol. The van der Waals surface area contributed by atoms with Gasteiger partial charge in [-0.25, -0.2) is 0 Å². The molecule has 3 atom stereocenters. The number of nitrogens with one attached hydrogen (secondary N) is 1. The molecule has 0 saturated heterocycles. The minimum absolute atomic E-state index is 0.0712. The maximum absolute atomic E-state index is 11.4. The topological polar surface area (TPSA) is 61.8 Å². The van der Waals surface area contributed by atoms with Crippen LogP contribution in [0.4, 0.5) is 0 Å². The van der Waals surface area contributed by atoms with Crippen molar-refractivity contribution >= 4 is 6.29 Å². The molecule has 0 rings (SSSR count). The highest BCUT2D eigenvalue weighted by atomic mass is 16.5. The van der Waals surface area contributed by atoms with E-state index in [2.05, 4.69) is 50.9 Å². The molecule has 0 aliphatic rings. The summed E-state index contributed by atoms with van der Waals surface area (Å²) in [6.07, 6.45) is 8.06. The van der Waals surface area contributed by atoms with Crippen LogP contribution in [-0.2, 0) is 9.53 Å². The second kappa shape index (κ2) is 14.8. The van der Waals surface area contributed by atoms with Gasteiger partial charge in [-0.15, -0.1) is 0 Å². The van der Waals surface area contributed by atoms with Gasteiger partial charge >= 0.3 is 0 Å². The predicted molar refractivity (Wildman–Crippen MR) is 123 cm³/mol. The zero-order chi connectivity index (χ0) is 22.4. The van der Waals surface area contributed by atoms with Crippen molar-refractivity contribution in [1.82, 2.24) is 10.2 Å². The first-order valence-corrected chi connectivity index (χ1v) is 11.3. The Bertz CT molecular complexity index is 500. The van der Waals surface area contributed by atoms with Gasteiger partial charge in [0.1, 0.15) is 18.1 Å². The maximum atomic E-state index is 11.4. The zero-order valence-electron chi connectivity index (χ0n) is 20.1. The molecule has 0 radical (unpaired) electrons. The van der Waals surface area contributed by atoms with Crippen LogP contribution in [-0.4, -0.2) is 61.2 Å². The summed E-state index contributed by atoms with van der Waals surface area (Å²) in [5.74, 6) is 1.73. The molecule has 0 bridgehead atoms. The average molecular weight is 411 g/mol. The van der Waals surface area contributed by atoms with Crippen LogP contribution in [0.2, 0.25) is 0 Å². The lowest BCUT2D eigenvalue weighted by Crippen LogP contribution is -2.55. The maximum Gasteiger partial charge on any atom is 0.149 e. The fourth-order valence-corrected chi connectivity index (χ4v) is 3.71. The summed E-state index contributed by atoms with van der Waals surface area (Å²) >= 11 is 0. The molecule has 170 valence electrons. The van der Waals surface area contributed by atoms with E-state index >= 15 is 0 Å². The molecule has 0 fully saturated rings. The number of hydrogen-bond acceptors (Lipinski definition) is 5. The van der Waals surface area contributed by atoms with Crippen molar-refractivity contribution in [3.63, 3.8) is 0 Å². The first-order valence-electron chi connectivity index (χ1n) is 11.3. The quantitative estimate of drug-likeness (QED) is 0.173. The molecule has 3 unspecified atom stereocenters. The summed E-state index contributed by atoms with van der Waals surface area (Å²) in [6.45, 7) is 17.1. The van der Waals surface area contributed by atoms with Crippen molar-refractivity contribution in [3.8, 4) is 0 Å². The Kier molecular flexibility index (Phi) is 14.2. The number of aliphatic hydroxyl groups excluding tert-OH is 1. The Morgan fingerprint density at radius 1 is 1.21 bits per heavy atom. The van der Waals surface area contributed by atoms with Gasteiger partial charge in [-0.05, 0) is 51.8 Å². The summed E-state index contributed by atoms with van der Waals surface area (Å²) in [7, 11) is 1.90. The van der Waals surface area contributed by atoms with Crippen molar-refractivity contribution in [3.05, 3.63) is 23.5 Å². The first kappa shape index (κ1) is 27.8. The van der Waals surface area contributed by atoms with E-state index in [0.717, 1.165) is 45.2 Å². The third kappa shape index (κ3) is 9.45. The number of rotatable bonds is 16. The largest absolute Gasteiger partial charge is 0.489 e. The molecule has 0 aliphatic carbocycles. The van der Waals surface area contributed by atoms with E-state index in [1.54, 1.807) is 6.92 Å². The fraction of sp³-hybridized carbons (Fsp3) is 0.792. The molecule has 0 aromatic heterocycles. The molecule has 0 aromatic carbocycles. The van der Waals surface area contributed by atoms with E-state index in [1.165, 1.54) is 0 Å². The highest BCUT2D eigenvalue weighted by molar-refractivity contribution is 5.73. The molecule has 29 heavy (non-hydrogen) atoms. The van der Waals surface area contributed by atoms with Gasteiger partial charge < -0.3 is 15.2 Å². The van der Waals surface area contributed by atoms with Crippen molar-refractivity contribution < 1.29 is 14.6 Å². The van der Waals surface area contributed by atoms with E-state index in [9.17, 15) is 9.90 Å². The Balaban J connectivity index is 5.20. The Morgan fingerprint density at radius 2 is 1.83 bits per heavy atom. The summed E-state index contributed by atoms with van der Waals surface area (Å²) in [5, 5.41) is 13.1. The monoisotopic (exact) mass is 410 g/mol. The zero-order valence-corrected chi connectivity index (χ0v) is 20.1. The fourth-order valence-electron chi connectivity index (χ4n) is 3.71. The molecule has 0 spiro atoms. The van der Waals surface area contributed by atoms with Gasteiger partial charge in [0, 0.05) is 18.7 Å². The highest BCUT2D eigenvalue weighted by Crippen LogP contribution is 2.22. The predicted octanol–water partition coefficient (Wildman–Crippen LogP) is 4.18. The average Bonchev–Trinajstić information content (AvgIpc) is 2.74. The number of ether oxygens (including phenoxy) is 1. The van der Waals surface area contributed by atoms with Crippen LogP contribution in [0.3, 0.4) is 0 Å². The molecule has 2 N–H and O–H groups in total. The van der Waals surface area contributed by atoms with Crippen molar-refractivity contribution in [2.45, 2.75) is 79.4 Å². The number of carbonyl (C=O) groups is 1. The smallest absolute Gasteiger partial charge is 0.149 e. The second-order valence-corrected chi connectivity index (χ2v) is 8.26. The number of carbonyl (C=O) groups excluding carboxylic acids is 1. The third-order valence-corrected chi connectivity index (χ3v) is 6.24. The van der Waals surface area contributed by atoms with Crippen LogP contribution in [0.5, 0.6) is 0 Å². The Morgan fingerprint density at radius 3 is 2.24 bits per heavy atom. The van der Waals surface area contributed by atoms with Crippen molar-refractivity contribution in [1.29, 1.82) is 0 Å². The van der Waals surface area contributed by atoms with E-state index in [-0.39, 0.29) is 18.2 Å². The van der Waals surface area contributed by atoms with E-state index in [0.29, 0.717) is 23.2 Å². The van der Waals surface area contributed by atoms with E-state index in [4.69, 9.17) is 4.74 Å². The summed E-state index contributed by atoms with van der Waals surface area (Å²) in [5.41, 5.74) is 0.305. The van der Waals surface area contributed by atoms with Gasteiger partial charge in [0.05, 0.1) is 12.1 Å². The van der Waals surface area contributed by atoms with Crippen LogP contribution in [0, 0.1) is 11.8 Å². The SMILES string of the molecule is CCC(CC)C(C)/C=C\C(OC(C)CN(CC)CC(CC)(CO)NC)=C(/C)C=O. The summed E-state index contributed by atoms with van der Waals surface area (Å²) in [4.78, 5) is 13.7. The summed E-state index contributed by atoms with van der Waals surface area (Å²) in [6, 6.07) is 0. The molecular formula is C24H46N2O3. The standard InChI is InChI=1S/C24H46N2O3/c1-9-22(10-2)19(5)13-14-23(20(6)16-27)29-21(7)15-26(12-4)17-24(11-3,18-28)25-8/h13-14,16,19,21-22,25,28H,9-12,15,17-18H2,1-8H3/b14-13-,23-20-. The molecule has 5 heteroatoms. The van der Waals surface area contributed by atoms with E-state index in [1.807, 2.05) is 20.0 Å². The normalized spacial score (nSPS) is 17.3. The molecule has 0 aliphatic heterocycles.